The Morgan fingerprint density at radius 1 is 0.966 bits per heavy atom. The van der Waals surface area contributed by atoms with Gasteiger partial charge in [-0.05, 0) is 29.8 Å². The lowest BCUT2D eigenvalue weighted by atomic mass is 10.2. The molecular formula is C22H22N4O3. The quantitative estimate of drug-likeness (QED) is 0.724. The summed E-state index contributed by atoms with van der Waals surface area (Å²) in [5.41, 5.74) is 1.57. The molecule has 0 spiro atoms. The van der Waals surface area contributed by atoms with E-state index in [4.69, 9.17) is 4.42 Å². The van der Waals surface area contributed by atoms with Gasteiger partial charge in [0.15, 0.2) is 5.76 Å². The summed E-state index contributed by atoms with van der Waals surface area (Å²) < 4.78 is 5.19. The Labute approximate surface area is 169 Å². The maximum Gasteiger partial charge on any atom is 0.289 e. The average Bonchev–Trinajstić information content (AvgIpc) is 3.33. The number of nitrogens with zero attached hydrogens (tertiary/aromatic N) is 3. The third-order valence-corrected chi connectivity index (χ3v) is 4.93. The highest BCUT2D eigenvalue weighted by Gasteiger charge is 2.24. The van der Waals surface area contributed by atoms with E-state index in [0.29, 0.717) is 44.0 Å². The highest BCUT2D eigenvalue weighted by atomic mass is 16.3. The van der Waals surface area contributed by atoms with E-state index < -0.39 is 0 Å². The van der Waals surface area contributed by atoms with Gasteiger partial charge in [0.2, 0.25) is 0 Å². The zero-order valence-electron chi connectivity index (χ0n) is 16.0. The van der Waals surface area contributed by atoms with Crippen LogP contribution in [0.4, 0.5) is 5.82 Å². The largest absolute Gasteiger partial charge is 0.459 e. The number of furan rings is 1. The Hall–Kier alpha value is -3.61. The fourth-order valence-corrected chi connectivity index (χ4v) is 3.28. The highest BCUT2D eigenvalue weighted by Crippen LogP contribution is 2.16. The molecule has 3 aromatic rings. The van der Waals surface area contributed by atoms with Crippen molar-refractivity contribution in [2.75, 3.05) is 31.1 Å². The summed E-state index contributed by atoms with van der Waals surface area (Å²) in [4.78, 5) is 33.0. The normalized spacial score (nSPS) is 13.9. The minimum absolute atomic E-state index is 0.0898. The molecule has 1 saturated heterocycles. The first-order chi connectivity index (χ1) is 14.2. The molecule has 1 fully saturated rings. The molecule has 29 heavy (non-hydrogen) atoms. The Balaban J connectivity index is 1.30. The van der Waals surface area contributed by atoms with Crippen LogP contribution in [0.1, 0.15) is 26.5 Å². The van der Waals surface area contributed by atoms with E-state index in [2.05, 4.69) is 15.2 Å². The van der Waals surface area contributed by atoms with Crippen LogP contribution in [0.2, 0.25) is 0 Å². The van der Waals surface area contributed by atoms with Crippen molar-refractivity contribution in [3.8, 4) is 0 Å². The van der Waals surface area contributed by atoms with E-state index in [0.717, 1.165) is 11.4 Å². The smallest absolute Gasteiger partial charge is 0.289 e. The van der Waals surface area contributed by atoms with Crippen molar-refractivity contribution in [3.63, 3.8) is 0 Å². The van der Waals surface area contributed by atoms with E-state index >= 15 is 0 Å². The van der Waals surface area contributed by atoms with Crippen LogP contribution in [0.5, 0.6) is 0 Å². The molecule has 0 radical (unpaired) electrons. The third-order valence-electron chi connectivity index (χ3n) is 4.93. The van der Waals surface area contributed by atoms with Gasteiger partial charge in [0.05, 0.1) is 11.8 Å². The summed E-state index contributed by atoms with van der Waals surface area (Å²) in [6, 6.07) is 16.8. The van der Waals surface area contributed by atoms with Crippen LogP contribution in [0, 0.1) is 0 Å². The van der Waals surface area contributed by atoms with Gasteiger partial charge >= 0.3 is 0 Å². The van der Waals surface area contributed by atoms with Crippen LogP contribution in [0.3, 0.4) is 0 Å². The Kier molecular flexibility index (Phi) is 5.56. The number of carbonyl (C=O) groups is 2. The minimum atomic E-state index is -0.151. The number of pyridine rings is 1. The summed E-state index contributed by atoms with van der Waals surface area (Å²) in [7, 11) is 0. The Bertz CT molecular complexity index is 947. The van der Waals surface area contributed by atoms with E-state index in [-0.39, 0.29) is 11.8 Å². The lowest BCUT2D eigenvalue weighted by molar-refractivity contribution is 0.0714. The molecule has 7 nitrogen and oxygen atoms in total. The molecule has 148 valence electrons. The molecule has 0 unspecified atom stereocenters. The highest BCUT2D eigenvalue weighted by molar-refractivity contribution is 5.94. The fourth-order valence-electron chi connectivity index (χ4n) is 3.28. The maximum atomic E-state index is 12.3. The minimum Gasteiger partial charge on any atom is -0.459 e. The van der Waals surface area contributed by atoms with Crippen LogP contribution in [-0.4, -0.2) is 47.9 Å². The zero-order valence-corrected chi connectivity index (χ0v) is 16.0. The maximum absolute atomic E-state index is 12.3. The molecule has 1 N–H and O–H groups in total. The van der Waals surface area contributed by atoms with E-state index in [9.17, 15) is 9.59 Å². The summed E-state index contributed by atoms with van der Waals surface area (Å²) in [6.45, 7) is 3.03. The standard InChI is InChI=1S/C22H22N4O3/c27-21(24-15-17-5-2-1-3-6-17)18-8-9-20(23-16-18)25-10-12-26(13-11-25)22(28)19-7-4-14-29-19/h1-9,14,16H,10-13,15H2,(H,24,27). The van der Waals surface area contributed by atoms with E-state index in [1.807, 2.05) is 36.4 Å². The number of hydrogen-bond donors (Lipinski definition) is 1. The summed E-state index contributed by atoms with van der Waals surface area (Å²) in [5.74, 6) is 0.923. The average molecular weight is 390 g/mol. The van der Waals surface area contributed by atoms with Crippen LogP contribution in [0.25, 0.3) is 0 Å². The van der Waals surface area contributed by atoms with Crippen LogP contribution in [-0.2, 0) is 6.54 Å². The Morgan fingerprint density at radius 2 is 1.76 bits per heavy atom. The number of nitrogens with one attached hydrogen (secondary N) is 1. The second-order valence-electron chi connectivity index (χ2n) is 6.83. The molecular weight excluding hydrogens is 368 g/mol. The Morgan fingerprint density at radius 3 is 2.41 bits per heavy atom. The molecule has 0 atom stereocenters. The van der Waals surface area contributed by atoms with Gasteiger partial charge in [0.25, 0.3) is 11.8 Å². The molecule has 3 heterocycles. The van der Waals surface area contributed by atoms with Crippen LogP contribution >= 0.6 is 0 Å². The van der Waals surface area contributed by atoms with Gasteiger partial charge in [0.1, 0.15) is 5.82 Å². The second kappa shape index (κ2) is 8.60. The topological polar surface area (TPSA) is 78.7 Å². The van der Waals surface area contributed by atoms with Gasteiger partial charge in [-0.1, -0.05) is 30.3 Å². The summed E-state index contributed by atoms with van der Waals surface area (Å²) in [5, 5.41) is 2.90. The van der Waals surface area contributed by atoms with Crippen LogP contribution in [0.15, 0.2) is 71.5 Å². The number of piperazine rings is 1. The number of rotatable bonds is 5. The van der Waals surface area contributed by atoms with Crippen molar-refractivity contribution in [3.05, 3.63) is 83.9 Å². The van der Waals surface area contributed by atoms with Crippen molar-refractivity contribution in [2.45, 2.75) is 6.54 Å². The van der Waals surface area contributed by atoms with Crippen LogP contribution < -0.4 is 10.2 Å². The second-order valence-corrected chi connectivity index (χ2v) is 6.83. The number of aromatic nitrogens is 1. The number of hydrogen-bond acceptors (Lipinski definition) is 5. The monoisotopic (exact) mass is 390 g/mol. The molecule has 0 bridgehead atoms. The number of benzene rings is 1. The zero-order chi connectivity index (χ0) is 20.1. The number of carbonyl (C=O) groups excluding carboxylic acids is 2. The molecule has 2 aromatic heterocycles. The first kappa shape index (κ1) is 18.7. The molecule has 0 aliphatic carbocycles. The predicted molar refractivity (Wildman–Crippen MR) is 109 cm³/mol. The molecule has 1 aliphatic heterocycles. The van der Waals surface area contributed by atoms with Gasteiger partial charge in [-0.3, -0.25) is 9.59 Å². The van der Waals surface area contributed by atoms with Gasteiger partial charge in [0, 0.05) is 38.9 Å². The molecule has 0 saturated carbocycles. The third kappa shape index (κ3) is 4.45. The lowest BCUT2D eigenvalue weighted by Gasteiger charge is -2.35. The van der Waals surface area contributed by atoms with Crippen molar-refractivity contribution in [2.24, 2.45) is 0 Å². The number of anilines is 1. The lowest BCUT2D eigenvalue weighted by Crippen LogP contribution is -2.49. The van der Waals surface area contributed by atoms with Gasteiger partial charge < -0.3 is 19.5 Å². The summed E-state index contributed by atoms with van der Waals surface area (Å²) >= 11 is 0. The molecule has 1 aliphatic rings. The predicted octanol–water partition coefficient (Wildman–Crippen LogP) is 2.57. The molecule has 4 rings (SSSR count). The van der Waals surface area contributed by atoms with Gasteiger partial charge in [-0.15, -0.1) is 0 Å². The van der Waals surface area contributed by atoms with E-state index in [1.165, 1.54) is 6.26 Å². The summed E-state index contributed by atoms with van der Waals surface area (Å²) in [6.07, 6.45) is 3.10. The van der Waals surface area contributed by atoms with Crippen molar-refractivity contribution in [1.29, 1.82) is 0 Å². The first-order valence-corrected chi connectivity index (χ1v) is 9.56. The van der Waals surface area contributed by atoms with E-state index in [1.54, 1.807) is 29.3 Å². The van der Waals surface area contributed by atoms with Crippen molar-refractivity contribution in [1.82, 2.24) is 15.2 Å². The SMILES string of the molecule is O=C(NCc1ccccc1)c1ccc(N2CCN(C(=O)c3ccco3)CC2)nc1. The molecule has 7 heteroatoms. The molecule has 1 aromatic carbocycles. The van der Waals surface area contributed by atoms with Gasteiger partial charge in [-0.2, -0.15) is 0 Å². The van der Waals surface area contributed by atoms with Gasteiger partial charge in [-0.25, -0.2) is 4.98 Å². The van der Waals surface area contributed by atoms with Crippen molar-refractivity contribution >= 4 is 17.6 Å². The fraction of sp³-hybridized carbons (Fsp3) is 0.227. The number of amides is 2. The van der Waals surface area contributed by atoms with Crippen molar-refractivity contribution < 1.29 is 14.0 Å². The molecule has 2 amide bonds. The first-order valence-electron chi connectivity index (χ1n) is 9.56.